The van der Waals surface area contributed by atoms with Crippen LogP contribution in [0.15, 0.2) is 12.1 Å². The molecule has 2 unspecified atom stereocenters. The Morgan fingerprint density at radius 3 is 3.06 bits per heavy atom. The third-order valence-electron chi connectivity index (χ3n) is 3.81. The number of rotatable bonds is 0. The van der Waals surface area contributed by atoms with Crippen LogP contribution in [-0.2, 0) is 0 Å². The standard InChI is InChI=1S/C13H17FN2/c1-8-5-9-10-7-16(2)4-3-12(10)15-13(9)11(14)6-8/h5-6,10,12,15H,3-4,7H2,1-2H3. The molecule has 1 aromatic rings. The summed E-state index contributed by atoms with van der Waals surface area (Å²) in [5.74, 6) is 0.371. The molecule has 3 rings (SSSR count). The van der Waals surface area contributed by atoms with E-state index in [1.54, 1.807) is 6.07 Å². The van der Waals surface area contributed by atoms with Gasteiger partial charge in [-0.15, -0.1) is 0 Å². The molecule has 3 heteroatoms. The minimum absolute atomic E-state index is 0.0907. The number of nitrogens with zero attached hydrogens (tertiary/aromatic N) is 1. The van der Waals surface area contributed by atoms with Crippen molar-refractivity contribution < 1.29 is 4.39 Å². The average molecular weight is 220 g/mol. The smallest absolute Gasteiger partial charge is 0.146 e. The maximum atomic E-state index is 13.8. The van der Waals surface area contributed by atoms with Crippen molar-refractivity contribution >= 4 is 5.69 Å². The summed E-state index contributed by atoms with van der Waals surface area (Å²) in [4.78, 5) is 2.33. The number of likely N-dealkylation sites (tertiary alicyclic amines) is 1. The molecular formula is C13H17FN2. The second-order valence-electron chi connectivity index (χ2n) is 5.12. The fraction of sp³-hybridized carbons (Fsp3) is 0.538. The zero-order chi connectivity index (χ0) is 11.3. The highest BCUT2D eigenvalue weighted by Crippen LogP contribution is 2.41. The summed E-state index contributed by atoms with van der Waals surface area (Å²) in [5, 5.41) is 3.35. The number of fused-ring (bicyclic) bond motifs is 3. The largest absolute Gasteiger partial charge is 0.379 e. The van der Waals surface area contributed by atoms with Crippen LogP contribution >= 0.6 is 0 Å². The molecule has 0 aliphatic carbocycles. The second-order valence-corrected chi connectivity index (χ2v) is 5.12. The molecule has 2 nitrogen and oxygen atoms in total. The monoisotopic (exact) mass is 220 g/mol. The Bertz CT molecular complexity index is 430. The van der Waals surface area contributed by atoms with Gasteiger partial charge in [-0.3, -0.25) is 0 Å². The quantitative estimate of drug-likeness (QED) is 0.722. The SMILES string of the molecule is Cc1cc(F)c2c(c1)C1CN(C)CCC1N2. The van der Waals surface area contributed by atoms with E-state index in [-0.39, 0.29) is 5.82 Å². The molecular weight excluding hydrogens is 203 g/mol. The Balaban J connectivity index is 2.04. The van der Waals surface area contributed by atoms with E-state index in [0.29, 0.717) is 12.0 Å². The van der Waals surface area contributed by atoms with Gasteiger partial charge in [0, 0.05) is 18.5 Å². The van der Waals surface area contributed by atoms with Gasteiger partial charge in [0.15, 0.2) is 0 Å². The fourth-order valence-corrected chi connectivity index (χ4v) is 3.00. The number of nitrogens with one attached hydrogen (secondary N) is 1. The van der Waals surface area contributed by atoms with Crippen molar-refractivity contribution in [1.29, 1.82) is 0 Å². The van der Waals surface area contributed by atoms with Gasteiger partial charge in [-0.05, 0) is 44.1 Å². The Labute approximate surface area is 95.4 Å². The number of halogens is 1. The van der Waals surface area contributed by atoms with Gasteiger partial charge < -0.3 is 10.2 Å². The molecule has 1 N–H and O–H groups in total. The number of hydrogen-bond donors (Lipinski definition) is 1. The summed E-state index contributed by atoms with van der Waals surface area (Å²) in [7, 11) is 2.14. The first-order chi connectivity index (χ1) is 7.65. The third kappa shape index (κ3) is 1.42. The van der Waals surface area contributed by atoms with Gasteiger partial charge in [-0.1, -0.05) is 6.07 Å². The molecule has 2 aliphatic heterocycles. The van der Waals surface area contributed by atoms with Crippen molar-refractivity contribution in [3.8, 4) is 0 Å². The molecule has 16 heavy (non-hydrogen) atoms. The summed E-state index contributed by atoms with van der Waals surface area (Å²) in [6.07, 6.45) is 1.11. The van der Waals surface area contributed by atoms with E-state index in [1.165, 1.54) is 5.56 Å². The number of likely N-dealkylation sites (N-methyl/N-ethyl adjacent to an activating group) is 1. The summed E-state index contributed by atoms with van der Waals surface area (Å²) in [6.45, 7) is 4.10. The van der Waals surface area contributed by atoms with Crippen LogP contribution < -0.4 is 5.32 Å². The molecule has 1 fully saturated rings. The molecule has 1 saturated heterocycles. The highest BCUT2D eigenvalue weighted by molar-refractivity contribution is 5.61. The van der Waals surface area contributed by atoms with E-state index >= 15 is 0 Å². The molecule has 2 aliphatic rings. The van der Waals surface area contributed by atoms with E-state index < -0.39 is 0 Å². The van der Waals surface area contributed by atoms with Crippen LogP contribution in [-0.4, -0.2) is 31.1 Å². The maximum Gasteiger partial charge on any atom is 0.146 e. The molecule has 0 radical (unpaired) electrons. The molecule has 2 atom stereocenters. The molecule has 2 heterocycles. The normalized spacial score (nSPS) is 28.4. The summed E-state index contributed by atoms with van der Waals surface area (Å²) in [5.41, 5.74) is 2.94. The van der Waals surface area contributed by atoms with E-state index in [4.69, 9.17) is 0 Å². The predicted octanol–water partition coefficient (Wildman–Crippen LogP) is 2.35. The minimum Gasteiger partial charge on any atom is -0.379 e. The van der Waals surface area contributed by atoms with Crippen LogP contribution in [0, 0.1) is 12.7 Å². The molecule has 0 saturated carbocycles. The van der Waals surface area contributed by atoms with Gasteiger partial charge in [-0.25, -0.2) is 4.39 Å². The van der Waals surface area contributed by atoms with Crippen molar-refractivity contribution in [2.24, 2.45) is 0 Å². The molecule has 0 spiro atoms. The fourth-order valence-electron chi connectivity index (χ4n) is 3.00. The number of anilines is 1. The van der Waals surface area contributed by atoms with Crippen LogP contribution in [0.5, 0.6) is 0 Å². The van der Waals surface area contributed by atoms with Gasteiger partial charge in [0.2, 0.25) is 0 Å². The topological polar surface area (TPSA) is 15.3 Å². The van der Waals surface area contributed by atoms with Gasteiger partial charge >= 0.3 is 0 Å². The van der Waals surface area contributed by atoms with Gasteiger partial charge in [0.25, 0.3) is 0 Å². The lowest BCUT2D eigenvalue weighted by atomic mass is 9.89. The molecule has 1 aromatic carbocycles. The van der Waals surface area contributed by atoms with Crippen molar-refractivity contribution in [1.82, 2.24) is 4.90 Å². The summed E-state index contributed by atoms with van der Waals surface area (Å²) in [6, 6.07) is 4.18. The second kappa shape index (κ2) is 3.45. The number of benzene rings is 1. The summed E-state index contributed by atoms with van der Waals surface area (Å²) < 4.78 is 13.8. The Hall–Kier alpha value is -1.09. The number of aryl methyl sites for hydroxylation is 1. The maximum absolute atomic E-state index is 13.8. The predicted molar refractivity (Wildman–Crippen MR) is 63.4 cm³/mol. The third-order valence-corrected chi connectivity index (χ3v) is 3.81. The first-order valence-electron chi connectivity index (χ1n) is 5.90. The number of piperidine rings is 1. The van der Waals surface area contributed by atoms with Crippen LogP contribution in [0.25, 0.3) is 0 Å². The van der Waals surface area contributed by atoms with E-state index in [2.05, 4.69) is 23.3 Å². The summed E-state index contributed by atoms with van der Waals surface area (Å²) >= 11 is 0. The van der Waals surface area contributed by atoms with E-state index in [1.807, 2.05) is 6.92 Å². The van der Waals surface area contributed by atoms with Crippen LogP contribution in [0.2, 0.25) is 0 Å². The molecule has 0 aromatic heterocycles. The van der Waals surface area contributed by atoms with Crippen LogP contribution in [0.1, 0.15) is 23.5 Å². The van der Waals surface area contributed by atoms with Crippen LogP contribution in [0.3, 0.4) is 0 Å². The van der Waals surface area contributed by atoms with Gasteiger partial charge in [0.1, 0.15) is 5.82 Å². The van der Waals surface area contributed by atoms with Crippen molar-refractivity contribution in [3.05, 3.63) is 29.1 Å². The van der Waals surface area contributed by atoms with Crippen molar-refractivity contribution in [3.63, 3.8) is 0 Å². The highest BCUT2D eigenvalue weighted by Gasteiger charge is 2.37. The zero-order valence-electron chi connectivity index (χ0n) is 9.76. The lowest BCUT2D eigenvalue weighted by Crippen LogP contribution is -2.39. The van der Waals surface area contributed by atoms with Gasteiger partial charge in [-0.2, -0.15) is 0 Å². The van der Waals surface area contributed by atoms with Crippen molar-refractivity contribution in [2.45, 2.75) is 25.3 Å². The lowest BCUT2D eigenvalue weighted by molar-refractivity contribution is 0.243. The zero-order valence-corrected chi connectivity index (χ0v) is 9.76. The molecule has 0 bridgehead atoms. The van der Waals surface area contributed by atoms with Crippen molar-refractivity contribution in [2.75, 3.05) is 25.5 Å². The Kier molecular flexibility index (Phi) is 2.18. The van der Waals surface area contributed by atoms with E-state index in [9.17, 15) is 4.39 Å². The first kappa shape index (κ1) is 10.1. The number of hydrogen-bond acceptors (Lipinski definition) is 2. The lowest BCUT2D eigenvalue weighted by Gasteiger charge is -2.32. The molecule has 86 valence electrons. The Morgan fingerprint density at radius 1 is 1.44 bits per heavy atom. The minimum atomic E-state index is -0.0907. The van der Waals surface area contributed by atoms with Crippen LogP contribution in [0.4, 0.5) is 10.1 Å². The average Bonchev–Trinajstić information content (AvgIpc) is 2.57. The Morgan fingerprint density at radius 2 is 2.25 bits per heavy atom. The van der Waals surface area contributed by atoms with Gasteiger partial charge in [0.05, 0.1) is 5.69 Å². The first-order valence-corrected chi connectivity index (χ1v) is 5.90. The highest BCUT2D eigenvalue weighted by atomic mass is 19.1. The molecule has 0 amide bonds. The van der Waals surface area contributed by atoms with E-state index in [0.717, 1.165) is 30.8 Å².